The van der Waals surface area contributed by atoms with E-state index in [4.69, 9.17) is 27.2 Å². The Labute approximate surface area is 174 Å². The summed E-state index contributed by atoms with van der Waals surface area (Å²) in [6, 6.07) is 4.76. The third kappa shape index (κ3) is 3.39. The van der Waals surface area contributed by atoms with Gasteiger partial charge in [0.2, 0.25) is 5.88 Å². The number of hydrogen-bond donors (Lipinski definition) is 3. The second-order valence-corrected chi connectivity index (χ2v) is 6.90. The van der Waals surface area contributed by atoms with Gasteiger partial charge in [0, 0.05) is 18.1 Å². The highest BCUT2D eigenvalue weighted by atomic mass is 35.5. The van der Waals surface area contributed by atoms with E-state index in [-0.39, 0.29) is 42.2 Å². The molecule has 156 valence electrons. The van der Waals surface area contributed by atoms with E-state index in [0.29, 0.717) is 17.3 Å². The number of ether oxygens (including phenoxy) is 1. The van der Waals surface area contributed by atoms with E-state index in [1.807, 2.05) is 0 Å². The summed E-state index contributed by atoms with van der Waals surface area (Å²) in [6.07, 6.45) is 2.79. The van der Waals surface area contributed by atoms with Crippen molar-refractivity contribution < 1.29 is 19.4 Å². The molecule has 0 atom stereocenters. The summed E-state index contributed by atoms with van der Waals surface area (Å²) in [6.45, 7) is 0.264. The number of amidine groups is 1. The number of anilines is 1. The Bertz CT molecular complexity index is 1160. The molecule has 4 N–H and O–H groups in total. The van der Waals surface area contributed by atoms with Gasteiger partial charge in [-0.05, 0) is 18.2 Å². The molecule has 1 aromatic carbocycles. The zero-order valence-electron chi connectivity index (χ0n) is 15.5. The zero-order valence-corrected chi connectivity index (χ0v) is 16.3. The maximum Gasteiger partial charge on any atom is 0.333 e. The van der Waals surface area contributed by atoms with Crippen LogP contribution in [0.5, 0.6) is 0 Å². The molecule has 3 heterocycles. The van der Waals surface area contributed by atoms with Crippen LogP contribution in [0.4, 0.5) is 5.69 Å². The number of nitrogens with two attached hydrogens (primary N) is 1. The Hall–Kier alpha value is -3.73. The summed E-state index contributed by atoms with van der Waals surface area (Å²) >= 11 is 6.40. The van der Waals surface area contributed by atoms with Gasteiger partial charge in [0.15, 0.2) is 0 Å². The lowest BCUT2D eigenvalue weighted by Gasteiger charge is -2.22. The third-order valence-electron chi connectivity index (χ3n) is 4.65. The van der Waals surface area contributed by atoms with Crippen molar-refractivity contribution in [2.75, 3.05) is 24.7 Å². The highest BCUT2D eigenvalue weighted by Crippen LogP contribution is 2.28. The molecule has 0 radical (unpaired) electrons. The maximum absolute atomic E-state index is 13.0. The first-order chi connectivity index (χ1) is 14.4. The Morgan fingerprint density at radius 3 is 2.87 bits per heavy atom. The van der Waals surface area contributed by atoms with Crippen molar-refractivity contribution in [2.24, 2.45) is 10.7 Å². The minimum atomic E-state index is -1.13. The molecule has 0 spiro atoms. The van der Waals surface area contributed by atoms with Crippen LogP contribution in [-0.4, -0.2) is 51.8 Å². The molecule has 0 aliphatic carbocycles. The maximum atomic E-state index is 13.0. The van der Waals surface area contributed by atoms with Crippen LogP contribution < -0.4 is 21.6 Å². The molecule has 2 aliphatic rings. The third-order valence-corrected chi connectivity index (χ3v) is 4.95. The standard InChI is InChI=1S/C18H17ClN6O5/c19-11-7-10(1-2-12(11)25-4-3-23(18(25)29)8-13(26)27)24-5-6-30-16-14(17(24)28)15(20)21-9-22-16/h1-4,7,22H,5-6,8-9H2,(H2,20,21)(H,26,27). The Balaban J connectivity index is 1.67. The van der Waals surface area contributed by atoms with Gasteiger partial charge in [-0.1, -0.05) is 11.6 Å². The second-order valence-electron chi connectivity index (χ2n) is 6.50. The van der Waals surface area contributed by atoms with E-state index in [9.17, 15) is 14.4 Å². The number of carbonyl (C=O) groups excluding carboxylic acids is 1. The number of hydrogen-bond acceptors (Lipinski definition) is 7. The molecule has 2 aliphatic heterocycles. The van der Waals surface area contributed by atoms with Crippen LogP contribution in [0.3, 0.4) is 0 Å². The van der Waals surface area contributed by atoms with Gasteiger partial charge in [0.05, 0.1) is 17.3 Å². The van der Waals surface area contributed by atoms with Gasteiger partial charge in [-0.15, -0.1) is 0 Å². The van der Waals surface area contributed by atoms with Crippen LogP contribution in [0, 0.1) is 0 Å². The van der Waals surface area contributed by atoms with Crippen molar-refractivity contribution in [1.82, 2.24) is 14.5 Å². The molecular weight excluding hydrogens is 416 g/mol. The molecular formula is C18H17ClN6O5. The molecule has 2 aromatic rings. The average molecular weight is 433 g/mol. The van der Waals surface area contributed by atoms with Crippen LogP contribution in [0.15, 0.2) is 51.8 Å². The minimum Gasteiger partial charge on any atom is -0.480 e. The fraction of sp³-hybridized carbons (Fsp3) is 0.222. The zero-order chi connectivity index (χ0) is 21.4. The number of aliphatic imine (C=N–C) groups is 1. The predicted octanol–water partition coefficient (Wildman–Crippen LogP) is -0.130. The summed E-state index contributed by atoms with van der Waals surface area (Å²) in [5.41, 5.74) is 6.34. The van der Waals surface area contributed by atoms with E-state index in [2.05, 4.69) is 10.3 Å². The molecule has 0 fully saturated rings. The highest BCUT2D eigenvalue weighted by Gasteiger charge is 2.32. The lowest BCUT2D eigenvalue weighted by atomic mass is 10.1. The van der Waals surface area contributed by atoms with Gasteiger partial charge < -0.3 is 25.8 Å². The van der Waals surface area contributed by atoms with Gasteiger partial charge in [0.1, 0.15) is 31.2 Å². The molecule has 30 heavy (non-hydrogen) atoms. The van der Waals surface area contributed by atoms with E-state index < -0.39 is 18.2 Å². The summed E-state index contributed by atoms with van der Waals surface area (Å²) in [4.78, 5) is 41.8. The Morgan fingerprint density at radius 1 is 1.33 bits per heavy atom. The molecule has 4 rings (SSSR count). The molecule has 0 saturated heterocycles. The molecule has 0 bridgehead atoms. The van der Waals surface area contributed by atoms with Crippen LogP contribution in [0.2, 0.25) is 5.02 Å². The first kappa shape index (κ1) is 19.6. The lowest BCUT2D eigenvalue weighted by Crippen LogP contribution is -2.39. The van der Waals surface area contributed by atoms with Gasteiger partial charge >= 0.3 is 11.7 Å². The number of carboxylic acid groups (broad SMARTS) is 1. The fourth-order valence-electron chi connectivity index (χ4n) is 3.25. The lowest BCUT2D eigenvalue weighted by molar-refractivity contribution is -0.137. The first-order valence-corrected chi connectivity index (χ1v) is 9.27. The number of aliphatic carboxylic acids is 1. The van der Waals surface area contributed by atoms with Crippen LogP contribution in [0.1, 0.15) is 0 Å². The molecule has 0 unspecified atom stereocenters. The van der Waals surface area contributed by atoms with Crippen molar-refractivity contribution in [3.63, 3.8) is 0 Å². The number of aromatic nitrogens is 2. The Morgan fingerprint density at radius 2 is 2.13 bits per heavy atom. The predicted molar refractivity (Wildman–Crippen MR) is 108 cm³/mol. The molecule has 11 nitrogen and oxygen atoms in total. The smallest absolute Gasteiger partial charge is 0.333 e. The summed E-state index contributed by atoms with van der Waals surface area (Å²) < 4.78 is 7.87. The SMILES string of the molecule is NC1=NCNC2=C1C(=O)N(c1ccc(-n3ccn(CC(=O)O)c3=O)c(Cl)c1)CCO2. The van der Waals surface area contributed by atoms with Gasteiger partial charge in [-0.25, -0.2) is 9.79 Å². The van der Waals surface area contributed by atoms with Gasteiger partial charge in [-0.3, -0.25) is 18.7 Å². The average Bonchev–Trinajstić information content (AvgIpc) is 2.94. The number of nitrogens with one attached hydrogen (secondary N) is 1. The van der Waals surface area contributed by atoms with Crippen molar-refractivity contribution in [3.8, 4) is 5.69 Å². The Kier molecular flexibility index (Phi) is 4.96. The second kappa shape index (κ2) is 7.59. The molecule has 0 saturated carbocycles. The molecule has 1 aromatic heterocycles. The summed E-state index contributed by atoms with van der Waals surface area (Å²) in [7, 11) is 0. The first-order valence-electron chi connectivity index (χ1n) is 8.89. The molecule has 12 heteroatoms. The van der Waals surface area contributed by atoms with E-state index >= 15 is 0 Å². The van der Waals surface area contributed by atoms with Gasteiger partial charge in [-0.2, -0.15) is 0 Å². The van der Waals surface area contributed by atoms with Gasteiger partial charge in [0.25, 0.3) is 5.91 Å². The molecule has 1 amide bonds. The number of halogens is 1. The van der Waals surface area contributed by atoms with Crippen LogP contribution in [-0.2, 0) is 20.9 Å². The van der Waals surface area contributed by atoms with E-state index in [1.165, 1.54) is 21.9 Å². The van der Waals surface area contributed by atoms with Crippen LogP contribution >= 0.6 is 11.6 Å². The number of amides is 1. The van der Waals surface area contributed by atoms with Crippen molar-refractivity contribution in [1.29, 1.82) is 0 Å². The number of rotatable bonds is 4. The number of carboxylic acids is 1. The largest absolute Gasteiger partial charge is 0.480 e. The normalized spacial score (nSPS) is 16.4. The monoisotopic (exact) mass is 432 g/mol. The quantitative estimate of drug-likeness (QED) is 0.610. The van der Waals surface area contributed by atoms with Crippen molar-refractivity contribution >= 4 is 35.0 Å². The van der Waals surface area contributed by atoms with Crippen molar-refractivity contribution in [2.45, 2.75) is 6.54 Å². The number of imidazole rings is 1. The van der Waals surface area contributed by atoms with Crippen LogP contribution in [0.25, 0.3) is 5.69 Å². The number of carbonyl (C=O) groups is 2. The number of benzene rings is 1. The minimum absolute atomic E-state index is 0.0923. The van der Waals surface area contributed by atoms with E-state index in [1.54, 1.807) is 18.2 Å². The summed E-state index contributed by atoms with van der Waals surface area (Å²) in [5, 5.41) is 12.0. The van der Waals surface area contributed by atoms with Crippen molar-refractivity contribution in [3.05, 3.63) is 57.6 Å². The van der Waals surface area contributed by atoms with E-state index in [0.717, 1.165) is 4.57 Å². The highest BCUT2D eigenvalue weighted by molar-refractivity contribution is 6.33. The topological polar surface area (TPSA) is 144 Å². The number of nitrogens with zero attached hydrogens (tertiary/aromatic N) is 4. The fourth-order valence-corrected chi connectivity index (χ4v) is 3.52. The summed E-state index contributed by atoms with van der Waals surface area (Å²) in [5.74, 6) is -1.13.